The van der Waals surface area contributed by atoms with Gasteiger partial charge in [-0.1, -0.05) is 6.08 Å². The van der Waals surface area contributed by atoms with Crippen molar-refractivity contribution in [3.63, 3.8) is 0 Å². The van der Waals surface area contributed by atoms with Crippen molar-refractivity contribution < 1.29 is 21.4 Å². The van der Waals surface area contributed by atoms with Crippen LogP contribution in [0.15, 0.2) is 12.7 Å². The summed E-state index contributed by atoms with van der Waals surface area (Å²) >= 11 is 0. The fourth-order valence-electron chi connectivity index (χ4n) is 0.310. The van der Waals surface area contributed by atoms with Crippen LogP contribution in [0.2, 0.25) is 0 Å². The predicted molar refractivity (Wildman–Crippen MR) is 40.0 cm³/mol. The predicted octanol–water partition coefficient (Wildman–Crippen LogP) is 1.70. The first-order valence-corrected chi connectivity index (χ1v) is 5.56. The maximum Gasteiger partial charge on any atom is 0.494 e. The highest BCUT2D eigenvalue weighted by Crippen LogP contribution is 2.45. The SMILES string of the molecule is C=CCOS(=N)(=O)NP(=O)(F)F. The van der Waals surface area contributed by atoms with E-state index < -0.39 is 18.1 Å². The van der Waals surface area contributed by atoms with Crippen LogP contribution in [-0.4, -0.2) is 10.8 Å². The standard InChI is InChI=1S/C3H7F2N2O3PS/c1-2-3-10-12(6,9)7-11(4,5)8/h2H,1,3H2,(H2,6,7,8,9). The monoisotopic (exact) mass is 220 g/mol. The molecular formula is C3H7F2N2O3PS. The lowest BCUT2D eigenvalue weighted by Crippen LogP contribution is -2.19. The smallest absolute Gasteiger partial charge is 0.269 e. The molecule has 5 nitrogen and oxygen atoms in total. The first-order valence-electron chi connectivity index (χ1n) is 2.59. The Bertz CT molecular complexity index is 297. The van der Waals surface area contributed by atoms with Crippen molar-refractivity contribution >= 4 is 18.1 Å². The van der Waals surface area contributed by atoms with Gasteiger partial charge in [-0.15, -0.1) is 19.5 Å². The van der Waals surface area contributed by atoms with Gasteiger partial charge in [-0.2, -0.15) is 0 Å². The summed E-state index contributed by atoms with van der Waals surface area (Å²) in [4.78, 5) is 0. The van der Waals surface area contributed by atoms with E-state index in [1.165, 1.54) is 0 Å². The van der Waals surface area contributed by atoms with Gasteiger partial charge in [0.25, 0.3) is 0 Å². The molecule has 0 heterocycles. The summed E-state index contributed by atoms with van der Waals surface area (Å²) in [5, 5.41) is 0. The molecule has 1 unspecified atom stereocenters. The molecule has 0 rings (SSSR count). The van der Waals surface area contributed by atoms with Gasteiger partial charge >= 0.3 is 7.91 Å². The molecule has 9 heteroatoms. The Kier molecular flexibility index (Phi) is 3.98. The summed E-state index contributed by atoms with van der Waals surface area (Å²) in [6.45, 7) is 2.80. The molecule has 0 aromatic carbocycles. The molecule has 0 aromatic rings. The third kappa shape index (κ3) is 6.41. The first-order chi connectivity index (χ1) is 5.27. The maximum absolute atomic E-state index is 11.7. The highest BCUT2D eigenvalue weighted by atomic mass is 32.2. The third-order valence-electron chi connectivity index (χ3n) is 0.578. The van der Waals surface area contributed by atoms with Crippen molar-refractivity contribution in [1.29, 1.82) is 4.78 Å². The van der Waals surface area contributed by atoms with Crippen LogP contribution in [0.4, 0.5) is 8.39 Å². The number of halogens is 2. The van der Waals surface area contributed by atoms with Crippen LogP contribution in [0.25, 0.3) is 0 Å². The molecule has 0 aromatic heterocycles. The van der Waals surface area contributed by atoms with Gasteiger partial charge in [0.1, 0.15) is 0 Å². The van der Waals surface area contributed by atoms with Crippen molar-refractivity contribution in [1.82, 2.24) is 4.49 Å². The second kappa shape index (κ2) is 4.08. The van der Waals surface area contributed by atoms with E-state index >= 15 is 0 Å². The minimum absolute atomic E-state index is 0.338. The number of hydrogen-bond donors (Lipinski definition) is 2. The summed E-state index contributed by atoms with van der Waals surface area (Å²) in [5.74, 6) is 0. The van der Waals surface area contributed by atoms with Gasteiger partial charge in [-0.25, -0.2) is 13.6 Å². The van der Waals surface area contributed by atoms with Gasteiger partial charge < -0.3 is 0 Å². The van der Waals surface area contributed by atoms with Crippen LogP contribution in [-0.2, 0) is 18.9 Å². The highest BCUT2D eigenvalue weighted by molar-refractivity contribution is 7.91. The highest BCUT2D eigenvalue weighted by Gasteiger charge is 2.25. The second-order valence-corrected chi connectivity index (χ2v) is 4.53. The minimum Gasteiger partial charge on any atom is -0.269 e. The zero-order chi connectivity index (χ0) is 9.83. The zero-order valence-electron chi connectivity index (χ0n) is 5.83. The molecule has 0 amide bonds. The number of rotatable bonds is 5. The number of hydrogen-bond acceptors (Lipinski definition) is 4. The van der Waals surface area contributed by atoms with E-state index in [-0.39, 0.29) is 6.61 Å². The molecule has 0 radical (unpaired) electrons. The van der Waals surface area contributed by atoms with Gasteiger partial charge in [0.05, 0.1) is 6.61 Å². The Labute approximate surface area is 68.8 Å². The van der Waals surface area contributed by atoms with Gasteiger partial charge in [-0.3, -0.25) is 4.18 Å². The Morgan fingerprint density at radius 2 is 2.25 bits per heavy atom. The maximum atomic E-state index is 11.7. The summed E-state index contributed by atoms with van der Waals surface area (Å²) in [7, 11) is -9.84. The number of nitrogens with one attached hydrogen (secondary N) is 2. The van der Waals surface area contributed by atoms with Crippen molar-refractivity contribution in [2.45, 2.75) is 0 Å². The van der Waals surface area contributed by atoms with E-state index in [2.05, 4.69) is 10.8 Å². The summed E-state index contributed by atoms with van der Waals surface area (Å²) < 4.78 is 55.1. The minimum atomic E-state index is -5.70. The molecule has 0 bridgehead atoms. The fourth-order valence-corrected chi connectivity index (χ4v) is 1.93. The third-order valence-corrected chi connectivity index (χ3v) is 2.86. The Balaban J connectivity index is 4.25. The fraction of sp³-hybridized carbons (Fsp3) is 0.333. The van der Waals surface area contributed by atoms with Gasteiger partial charge in [0.2, 0.25) is 10.2 Å². The van der Waals surface area contributed by atoms with Crippen molar-refractivity contribution in [2.24, 2.45) is 0 Å². The molecule has 2 N–H and O–H groups in total. The molecule has 1 atom stereocenters. The van der Waals surface area contributed by atoms with E-state index in [1.54, 1.807) is 0 Å². The van der Waals surface area contributed by atoms with Crippen LogP contribution >= 0.6 is 7.91 Å². The lowest BCUT2D eigenvalue weighted by atomic mass is 10.7. The molecule has 0 aliphatic carbocycles. The Morgan fingerprint density at radius 1 is 1.75 bits per heavy atom. The van der Waals surface area contributed by atoms with E-state index in [0.29, 0.717) is 0 Å². The average molecular weight is 220 g/mol. The molecule has 0 saturated heterocycles. The van der Waals surface area contributed by atoms with Crippen LogP contribution in [0.3, 0.4) is 0 Å². The van der Waals surface area contributed by atoms with E-state index in [4.69, 9.17) is 4.78 Å². The van der Waals surface area contributed by atoms with Crippen LogP contribution < -0.4 is 4.49 Å². The topological polar surface area (TPSA) is 79.2 Å². The average Bonchev–Trinajstić information content (AvgIpc) is 1.78. The second-order valence-electron chi connectivity index (χ2n) is 1.63. The van der Waals surface area contributed by atoms with Crippen LogP contribution in [0.5, 0.6) is 0 Å². The van der Waals surface area contributed by atoms with Gasteiger partial charge in [-0.05, 0) is 0 Å². The molecule has 12 heavy (non-hydrogen) atoms. The van der Waals surface area contributed by atoms with E-state index in [1.807, 2.05) is 0 Å². The van der Waals surface area contributed by atoms with Crippen LogP contribution in [0, 0.1) is 4.78 Å². The Morgan fingerprint density at radius 3 is 2.58 bits per heavy atom. The first kappa shape index (κ1) is 11.7. The zero-order valence-corrected chi connectivity index (χ0v) is 7.54. The van der Waals surface area contributed by atoms with E-state index in [0.717, 1.165) is 10.6 Å². The molecule has 0 fully saturated rings. The van der Waals surface area contributed by atoms with Crippen molar-refractivity contribution in [2.75, 3.05) is 6.61 Å². The van der Waals surface area contributed by atoms with Crippen LogP contribution in [0.1, 0.15) is 0 Å². The molecule has 0 saturated carbocycles. The normalized spacial score (nSPS) is 16.8. The lowest BCUT2D eigenvalue weighted by Gasteiger charge is -2.05. The van der Waals surface area contributed by atoms with Gasteiger partial charge in [0, 0.05) is 0 Å². The largest absolute Gasteiger partial charge is 0.494 e. The molecule has 72 valence electrons. The van der Waals surface area contributed by atoms with Crippen molar-refractivity contribution in [3.05, 3.63) is 12.7 Å². The molecule has 0 aliphatic heterocycles. The summed E-state index contributed by atoms with van der Waals surface area (Å²) in [5.41, 5.74) is 0. The molecule has 0 spiro atoms. The van der Waals surface area contributed by atoms with E-state index in [9.17, 15) is 17.2 Å². The van der Waals surface area contributed by atoms with Crippen molar-refractivity contribution in [3.8, 4) is 0 Å². The Hall–Kier alpha value is -0.300. The summed E-state index contributed by atoms with van der Waals surface area (Å²) in [6.07, 6.45) is 1.12. The lowest BCUT2D eigenvalue weighted by molar-refractivity contribution is 0.380. The summed E-state index contributed by atoms with van der Waals surface area (Å²) in [6, 6.07) is 0. The quantitative estimate of drug-likeness (QED) is 0.546. The molecule has 0 aliphatic rings. The molecular weight excluding hydrogens is 213 g/mol. The van der Waals surface area contributed by atoms with Gasteiger partial charge in [0.15, 0.2) is 0 Å².